The van der Waals surface area contributed by atoms with Crippen LogP contribution in [0.1, 0.15) is 22.2 Å². The third kappa shape index (κ3) is 2.61. The van der Waals surface area contributed by atoms with Crippen molar-refractivity contribution in [3.05, 3.63) is 59.7 Å². The van der Waals surface area contributed by atoms with Gasteiger partial charge in [-0.05, 0) is 29.8 Å². The molecule has 1 unspecified atom stereocenters. The molecular weight excluding hydrogens is 327 g/mol. The van der Waals surface area contributed by atoms with Crippen LogP contribution >= 0.6 is 0 Å². The van der Waals surface area contributed by atoms with E-state index in [1.807, 2.05) is 0 Å². The maximum absolute atomic E-state index is 13.6. The van der Waals surface area contributed by atoms with E-state index in [4.69, 9.17) is 4.52 Å². The molecule has 3 heterocycles. The van der Waals surface area contributed by atoms with E-state index in [-0.39, 0.29) is 18.2 Å². The number of nitrogens with zero attached hydrogens (tertiary/aromatic N) is 3. The third-order valence-corrected chi connectivity index (χ3v) is 4.09. The van der Waals surface area contributed by atoms with Crippen molar-refractivity contribution in [2.75, 3.05) is 13.1 Å². The van der Waals surface area contributed by atoms with Crippen LogP contribution in [0.4, 0.5) is 4.39 Å². The number of pyridine rings is 1. The van der Waals surface area contributed by atoms with Crippen molar-refractivity contribution in [3.8, 4) is 0 Å². The smallest absolute Gasteiger partial charge is 0.294 e. The molecule has 4 rings (SSSR count). The maximum Gasteiger partial charge on any atom is 0.294 e. The molecule has 0 saturated carbocycles. The summed E-state index contributed by atoms with van der Waals surface area (Å²) >= 11 is 0. The fraction of sp³-hybridized carbons (Fsp3) is 0.176. The van der Waals surface area contributed by atoms with Gasteiger partial charge in [-0.25, -0.2) is 9.37 Å². The summed E-state index contributed by atoms with van der Waals surface area (Å²) in [5.41, 5.74) is 0.710. The molecule has 1 aliphatic rings. The molecule has 3 aromatic rings. The number of rotatable bonds is 2. The highest BCUT2D eigenvalue weighted by molar-refractivity contribution is 6.04. The molecule has 1 aromatic carbocycles. The summed E-state index contributed by atoms with van der Waals surface area (Å²) in [5, 5.41) is 6.94. The van der Waals surface area contributed by atoms with Crippen LogP contribution < -0.4 is 5.32 Å². The summed E-state index contributed by atoms with van der Waals surface area (Å²) in [7, 11) is 0. The van der Waals surface area contributed by atoms with E-state index in [0.717, 1.165) is 0 Å². The molecule has 2 aromatic heterocycles. The van der Waals surface area contributed by atoms with Crippen LogP contribution in [-0.4, -0.2) is 39.9 Å². The first-order chi connectivity index (χ1) is 12.1. The molecule has 1 N–H and O–H groups in total. The van der Waals surface area contributed by atoms with E-state index in [2.05, 4.69) is 15.5 Å². The van der Waals surface area contributed by atoms with Gasteiger partial charge in [0.25, 0.3) is 5.91 Å². The van der Waals surface area contributed by atoms with Gasteiger partial charge in [0.2, 0.25) is 17.3 Å². The van der Waals surface area contributed by atoms with Crippen molar-refractivity contribution >= 4 is 22.8 Å². The Hall–Kier alpha value is -3.29. The van der Waals surface area contributed by atoms with Crippen LogP contribution in [0, 0.1) is 5.82 Å². The average molecular weight is 340 g/mol. The molecule has 8 heteroatoms. The lowest BCUT2D eigenvalue weighted by Crippen LogP contribution is -2.52. The van der Waals surface area contributed by atoms with E-state index < -0.39 is 17.8 Å². The van der Waals surface area contributed by atoms with Crippen LogP contribution in [0.15, 0.2) is 47.1 Å². The fourth-order valence-electron chi connectivity index (χ4n) is 2.96. The number of carbonyl (C=O) groups excluding carboxylic acids is 2. The summed E-state index contributed by atoms with van der Waals surface area (Å²) in [6.45, 7) is 0.578. The van der Waals surface area contributed by atoms with E-state index in [1.54, 1.807) is 24.4 Å². The Morgan fingerprint density at radius 2 is 2.20 bits per heavy atom. The predicted molar refractivity (Wildman–Crippen MR) is 85.0 cm³/mol. The van der Waals surface area contributed by atoms with E-state index >= 15 is 0 Å². The van der Waals surface area contributed by atoms with Crippen LogP contribution in [0.25, 0.3) is 11.0 Å². The molecule has 25 heavy (non-hydrogen) atoms. The van der Waals surface area contributed by atoms with Gasteiger partial charge in [0.05, 0.1) is 5.39 Å². The number of nitrogens with one attached hydrogen (secondary N) is 1. The number of amides is 2. The highest BCUT2D eigenvalue weighted by Gasteiger charge is 2.37. The summed E-state index contributed by atoms with van der Waals surface area (Å²) in [6, 6.07) is 8.05. The second-order valence-corrected chi connectivity index (χ2v) is 5.63. The summed E-state index contributed by atoms with van der Waals surface area (Å²) in [4.78, 5) is 30.7. The van der Waals surface area contributed by atoms with Gasteiger partial charge in [-0.1, -0.05) is 17.3 Å². The Morgan fingerprint density at radius 3 is 3.04 bits per heavy atom. The number of aromatic nitrogens is 2. The molecule has 0 radical (unpaired) electrons. The molecule has 2 amide bonds. The first-order valence-corrected chi connectivity index (χ1v) is 7.69. The maximum atomic E-state index is 13.6. The standard InChI is InChI=1S/C17H13FN4O3/c18-11-4-1-3-10(9-11)13-16(23)20-7-8-22(13)17(24)14-12-5-2-6-19-15(12)21-25-14/h1-6,9,13H,7-8H2,(H,20,23). The first kappa shape index (κ1) is 15.3. The lowest BCUT2D eigenvalue weighted by Gasteiger charge is -2.34. The molecule has 1 saturated heterocycles. The molecule has 1 atom stereocenters. The van der Waals surface area contributed by atoms with Crippen LogP contribution in [0.2, 0.25) is 0 Å². The number of carbonyl (C=O) groups is 2. The zero-order valence-corrected chi connectivity index (χ0v) is 13.0. The zero-order valence-electron chi connectivity index (χ0n) is 13.0. The number of hydrogen-bond acceptors (Lipinski definition) is 5. The topological polar surface area (TPSA) is 88.3 Å². The van der Waals surface area contributed by atoms with Crippen LogP contribution in [0.3, 0.4) is 0 Å². The largest absolute Gasteiger partial charge is 0.352 e. The normalized spacial score (nSPS) is 17.6. The molecule has 1 aliphatic heterocycles. The number of halogens is 1. The molecule has 0 bridgehead atoms. The zero-order chi connectivity index (χ0) is 17.4. The Labute approximate surface area is 141 Å². The minimum absolute atomic E-state index is 0.0132. The SMILES string of the molecule is O=C1NCCN(C(=O)c2onc3ncccc23)C1c1cccc(F)c1. The van der Waals surface area contributed by atoms with Gasteiger partial charge >= 0.3 is 0 Å². The van der Waals surface area contributed by atoms with Gasteiger partial charge < -0.3 is 14.7 Å². The van der Waals surface area contributed by atoms with Gasteiger partial charge in [-0.2, -0.15) is 0 Å². The van der Waals surface area contributed by atoms with Crippen molar-refractivity contribution in [2.45, 2.75) is 6.04 Å². The lowest BCUT2D eigenvalue weighted by atomic mass is 10.0. The molecular formula is C17H13FN4O3. The second kappa shape index (κ2) is 5.97. The summed E-state index contributed by atoms with van der Waals surface area (Å²) in [6.07, 6.45) is 1.54. The Kier molecular flexibility index (Phi) is 3.64. The number of piperazine rings is 1. The van der Waals surface area contributed by atoms with Crippen LogP contribution in [-0.2, 0) is 4.79 Å². The Balaban J connectivity index is 1.76. The average Bonchev–Trinajstić information content (AvgIpc) is 3.05. The van der Waals surface area contributed by atoms with Crippen molar-refractivity contribution in [2.24, 2.45) is 0 Å². The van der Waals surface area contributed by atoms with E-state index in [9.17, 15) is 14.0 Å². The first-order valence-electron chi connectivity index (χ1n) is 7.69. The van der Waals surface area contributed by atoms with Crippen molar-refractivity contribution in [3.63, 3.8) is 0 Å². The number of fused-ring (bicyclic) bond motifs is 1. The van der Waals surface area contributed by atoms with Gasteiger partial charge in [-0.15, -0.1) is 0 Å². The van der Waals surface area contributed by atoms with Crippen molar-refractivity contribution < 1.29 is 18.5 Å². The fourth-order valence-corrected chi connectivity index (χ4v) is 2.96. The second-order valence-electron chi connectivity index (χ2n) is 5.63. The summed E-state index contributed by atoms with van der Waals surface area (Å²) < 4.78 is 18.8. The van der Waals surface area contributed by atoms with Crippen molar-refractivity contribution in [1.82, 2.24) is 20.4 Å². The highest BCUT2D eigenvalue weighted by Crippen LogP contribution is 2.27. The van der Waals surface area contributed by atoms with E-state index in [1.165, 1.54) is 23.1 Å². The lowest BCUT2D eigenvalue weighted by molar-refractivity contribution is -0.128. The molecule has 0 aliphatic carbocycles. The van der Waals surface area contributed by atoms with Gasteiger partial charge in [-0.3, -0.25) is 9.59 Å². The molecule has 126 valence electrons. The highest BCUT2D eigenvalue weighted by atomic mass is 19.1. The molecule has 1 fully saturated rings. The predicted octanol–water partition coefficient (Wildman–Crippen LogP) is 1.68. The Bertz CT molecular complexity index is 971. The quantitative estimate of drug-likeness (QED) is 0.767. The third-order valence-electron chi connectivity index (χ3n) is 4.09. The minimum Gasteiger partial charge on any atom is -0.352 e. The molecule has 7 nitrogen and oxygen atoms in total. The number of hydrogen-bond donors (Lipinski definition) is 1. The monoisotopic (exact) mass is 340 g/mol. The van der Waals surface area contributed by atoms with Crippen molar-refractivity contribution in [1.29, 1.82) is 0 Å². The van der Waals surface area contributed by atoms with E-state index in [0.29, 0.717) is 23.1 Å². The van der Waals surface area contributed by atoms with Gasteiger partial charge in [0, 0.05) is 19.3 Å². The van der Waals surface area contributed by atoms with Gasteiger partial charge in [0.1, 0.15) is 11.9 Å². The minimum atomic E-state index is -0.936. The summed E-state index contributed by atoms with van der Waals surface area (Å²) in [5.74, 6) is -1.32. The Morgan fingerprint density at radius 1 is 1.32 bits per heavy atom. The van der Waals surface area contributed by atoms with Crippen LogP contribution in [0.5, 0.6) is 0 Å². The van der Waals surface area contributed by atoms with Gasteiger partial charge in [0.15, 0.2) is 0 Å². The number of benzene rings is 1. The molecule has 0 spiro atoms.